The molecule has 0 aromatic carbocycles. The zero-order valence-electron chi connectivity index (χ0n) is 13.5. The van der Waals surface area contributed by atoms with Crippen molar-refractivity contribution in [1.82, 2.24) is 19.4 Å². The first-order valence-corrected chi connectivity index (χ1v) is 8.94. The number of rotatable bonds is 2. The molecule has 0 spiro atoms. The van der Waals surface area contributed by atoms with Gasteiger partial charge in [0.15, 0.2) is 0 Å². The molecule has 3 aromatic heterocycles. The van der Waals surface area contributed by atoms with Crippen molar-refractivity contribution in [3.63, 3.8) is 0 Å². The Bertz CT molecular complexity index is 869. The van der Waals surface area contributed by atoms with Crippen LogP contribution in [0.5, 0.6) is 0 Å². The van der Waals surface area contributed by atoms with Gasteiger partial charge < -0.3 is 9.47 Å². The number of hydrogen-bond acceptors (Lipinski definition) is 4. The van der Waals surface area contributed by atoms with Gasteiger partial charge in [-0.2, -0.15) is 11.3 Å². The van der Waals surface area contributed by atoms with E-state index in [1.54, 1.807) is 17.7 Å². The van der Waals surface area contributed by atoms with Gasteiger partial charge in [0, 0.05) is 55.0 Å². The van der Waals surface area contributed by atoms with E-state index < -0.39 is 0 Å². The van der Waals surface area contributed by atoms with Crippen LogP contribution in [0.25, 0.3) is 11.3 Å². The van der Waals surface area contributed by atoms with Crippen LogP contribution in [0.4, 0.5) is 0 Å². The fraction of sp³-hybridized carbons (Fsp3) is 0.278. The molecule has 0 saturated heterocycles. The summed E-state index contributed by atoms with van der Waals surface area (Å²) in [6.07, 6.45) is 5.10. The average Bonchev–Trinajstić information content (AvgIpc) is 3.21. The third kappa shape index (κ3) is 2.63. The van der Waals surface area contributed by atoms with E-state index in [2.05, 4.69) is 26.8 Å². The predicted octanol–water partition coefficient (Wildman–Crippen LogP) is 2.78. The predicted molar refractivity (Wildman–Crippen MR) is 94.1 cm³/mol. The molecule has 5 nitrogen and oxygen atoms in total. The van der Waals surface area contributed by atoms with E-state index in [0.29, 0.717) is 13.1 Å². The van der Waals surface area contributed by atoms with Gasteiger partial charge in [-0.3, -0.25) is 4.79 Å². The molecule has 0 N–H and O–H groups in total. The van der Waals surface area contributed by atoms with Gasteiger partial charge in [0.05, 0.1) is 5.69 Å². The SMILES string of the molecule is Cn1cccc1C(=O)N1CCc2ncnc(-c3ccsc3)c2CC1. The van der Waals surface area contributed by atoms with Gasteiger partial charge in [-0.15, -0.1) is 0 Å². The van der Waals surface area contributed by atoms with E-state index >= 15 is 0 Å². The Morgan fingerprint density at radius 2 is 2.08 bits per heavy atom. The van der Waals surface area contributed by atoms with Crippen molar-refractivity contribution in [3.05, 3.63) is 58.4 Å². The molecule has 0 aliphatic carbocycles. The van der Waals surface area contributed by atoms with E-state index in [9.17, 15) is 4.79 Å². The zero-order valence-corrected chi connectivity index (χ0v) is 14.3. The highest BCUT2D eigenvalue weighted by atomic mass is 32.1. The quantitative estimate of drug-likeness (QED) is 0.722. The molecule has 0 unspecified atom stereocenters. The van der Waals surface area contributed by atoms with Crippen LogP contribution in [0.3, 0.4) is 0 Å². The van der Waals surface area contributed by atoms with Crippen molar-refractivity contribution < 1.29 is 4.79 Å². The molecule has 122 valence electrons. The summed E-state index contributed by atoms with van der Waals surface area (Å²) < 4.78 is 1.87. The smallest absolute Gasteiger partial charge is 0.270 e. The summed E-state index contributed by atoms with van der Waals surface area (Å²) in [6.45, 7) is 1.39. The molecule has 1 aliphatic heterocycles. The van der Waals surface area contributed by atoms with Gasteiger partial charge in [0.1, 0.15) is 12.0 Å². The molecule has 0 radical (unpaired) electrons. The Balaban J connectivity index is 1.62. The number of fused-ring (bicyclic) bond motifs is 1. The van der Waals surface area contributed by atoms with Crippen LogP contribution in [0.15, 0.2) is 41.5 Å². The van der Waals surface area contributed by atoms with E-state index in [1.807, 2.05) is 34.8 Å². The molecule has 3 aromatic rings. The molecule has 1 aliphatic rings. The number of amides is 1. The lowest BCUT2D eigenvalue weighted by Crippen LogP contribution is -2.34. The summed E-state index contributed by atoms with van der Waals surface area (Å²) >= 11 is 1.67. The minimum atomic E-state index is 0.0837. The fourth-order valence-electron chi connectivity index (χ4n) is 3.22. The summed E-state index contributed by atoms with van der Waals surface area (Å²) in [7, 11) is 1.90. The van der Waals surface area contributed by atoms with Gasteiger partial charge in [-0.1, -0.05) is 0 Å². The highest BCUT2D eigenvalue weighted by Crippen LogP contribution is 2.27. The molecule has 6 heteroatoms. The first-order valence-electron chi connectivity index (χ1n) is 8.00. The van der Waals surface area contributed by atoms with E-state index in [-0.39, 0.29) is 5.91 Å². The normalized spacial score (nSPS) is 14.3. The van der Waals surface area contributed by atoms with Crippen molar-refractivity contribution in [3.8, 4) is 11.3 Å². The van der Waals surface area contributed by atoms with Gasteiger partial charge in [-0.05, 0) is 30.0 Å². The van der Waals surface area contributed by atoms with Crippen LogP contribution in [0, 0.1) is 0 Å². The van der Waals surface area contributed by atoms with Crippen LogP contribution in [0.2, 0.25) is 0 Å². The number of aryl methyl sites for hydroxylation is 1. The number of carbonyl (C=O) groups is 1. The first-order chi connectivity index (χ1) is 11.7. The highest BCUT2D eigenvalue weighted by molar-refractivity contribution is 7.08. The van der Waals surface area contributed by atoms with Crippen LogP contribution >= 0.6 is 11.3 Å². The minimum Gasteiger partial charge on any atom is -0.347 e. The first kappa shape index (κ1) is 15.1. The topological polar surface area (TPSA) is 51.0 Å². The Hall–Kier alpha value is -2.47. The van der Waals surface area contributed by atoms with Crippen molar-refractivity contribution in [1.29, 1.82) is 0 Å². The molecule has 24 heavy (non-hydrogen) atoms. The van der Waals surface area contributed by atoms with Crippen molar-refractivity contribution in [2.24, 2.45) is 7.05 Å². The molecule has 0 atom stereocenters. The standard InChI is InChI=1S/C18H18N4OS/c1-21-7-2-3-16(21)18(23)22-8-4-14-15(5-9-22)19-12-20-17(14)13-6-10-24-11-13/h2-3,6-7,10-12H,4-5,8-9H2,1H3. The van der Waals surface area contributed by atoms with Gasteiger partial charge >= 0.3 is 0 Å². The van der Waals surface area contributed by atoms with Gasteiger partial charge in [0.2, 0.25) is 0 Å². The molecule has 0 fully saturated rings. The number of thiophene rings is 1. The molecular formula is C18H18N4OS. The lowest BCUT2D eigenvalue weighted by Gasteiger charge is -2.20. The monoisotopic (exact) mass is 338 g/mol. The van der Waals surface area contributed by atoms with Crippen LogP contribution < -0.4 is 0 Å². The Morgan fingerprint density at radius 3 is 2.83 bits per heavy atom. The van der Waals surface area contributed by atoms with E-state index in [1.165, 1.54) is 5.56 Å². The van der Waals surface area contributed by atoms with Crippen molar-refractivity contribution in [2.75, 3.05) is 13.1 Å². The second kappa shape index (κ2) is 6.20. The largest absolute Gasteiger partial charge is 0.347 e. The zero-order chi connectivity index (χ0) is 16.5. The summed E-state index contributed by atoms with van der Waals surface area (Å²) in [5, 5.41) is 4.17. The summed E-state index contributed by atoms with van der Waals surface area (Å²) in [6, 6.07) is 5.86. The maximum atomic E-state index is 12.8. The van der Waals surface area contributed by atoms with Crippen LogP contribution in [-0.4, -0.2) is 38.4 Å². The number of carbonyl (C=O) groups excluding carboxylic acids is 1. The Labute approximate surface area is 144 Å². The Morgan fingerprint density at radius 1 is 1.21 bits per heavy atom. The second-order valence-corrected chi connectivity index (χ2v) is 6.74. The maximum Gasteiger partial charge on any atom is 0.270 e. The molecule has 0 bridgehead atoms. The van der Waals surface area contributed by atoms with E-state index in [0.717, 1.165) is 35.5 Å². The molecule has 4 heterocycles. The second-order valence-electron chi connectivity index (χ2n) is 5.96. The summed E-state index contributed by atoms with van der Waals surface area (Å²) in [4.78, 5) is 23.7. The number of hydrogen-bond donors (Lipinski definition) is 0. The third-order valence-electron chi connectivity index (χ3n) is 4.53. The van der Waals surface area contributed by atoms with Crippen LogP contribution in [-0.2, 0) is 19.9 Å². The third-order valence-corrected chi connectivity index (χ3v) is 5.21. The molecule has 1 amide bonds. The molecule has 4 rings (SSSR count). The molecular weight excluding hydrogens is 320 g/mol. The van der Waals surface area contributed by atoms with Crippen molar-refractivity contribution >= 4 is 17.2 Å². The lowest BCUT2D eigenvalue weighted by atomic mass is 10.0. The fourth-order valence-corrected chi connectivity index (χ4v) is 3.86. The Kier molecular flexibility index (Phi) is 3.90. The number of aromatic nitrogens is 3. The average molecular weight is 338 g/mol. The van der Waals surface area contributed by atoms with Gasteiger partial charge in [0.25, 0.3) is 5.91 Å². The van der Waals surface area contributed by atoms with Gasteiger partial charge in [-0.25, -0.2) is 9.97 Å². The lowest BCUT2D eigenvalue weighted by molar-refractivity contribution is 0.0753. The van der Waals surface area contributed by atoms with Crippen molar-refractivity contribution in [2.45, 2.75) is 12.8 Å². The highest BCUT2D eigenvalue weighted by Gasteiger charge is 2.24. The minimum absolute atomic E-state index is 0.0837. The number of nitrogens with zero attached hydrogens (tertiary/aromatic N) is 4. The van der Waals surface area contributed by atoms with E-state index in [4.69, 9.17) is 0 Å². The van der Waals surface area contributed by atoms with Crippen LogP contribution in [0.1, 0.15) is 21.7 Å². The maximum absolute atomic E-state index is 12.8. The summed E-state index contributed by atoms with van der Waals surface area (Å²) in [5.41, 5.74) is 5.12. The summed E-state index contributed by atoms with van der Waals surface area (Å²) in [5.74, 6) is 0.0837. The molecule has 0 saturated carbocycles.